The van der Waals surface area contributed by atoms with Gasteiger partial charge in [0.15, 0.2) is 0 Å². The fourth-order valence-electron chi connectivity index (χ4n) is 3.17. The van der Waals surface area contributed by atoms with E-state index in [2.05, 4.69) is 10.1 Å². The SMILES string of the molecule is CCCCNC(=O)C1CCC(C)N(S(=O)(=O)c2ccc(C(=O)OC)cc2)C1. The second kappa shape index (κ2) is 9.32. The average molecular weight is 397 g/mol. The molecule has 1 aliphatic rings. The molecule has 1 N–H and O–H groups in total. The van der Waals surface area contributed by atoms with Crippen LogP contribution in [-0.2, 0) is 19.6 Å². The number of unbranched alkanes of at least 4 members (excludes halogenated alkanes) is 1. The fourth-order valence-corrected chi connectivity index (χ4v) is 4.88. The number of sulfonamides is 1. The molecule has 2 rings (SSSR count). The molecule has 0 spiro atoms. The molecule has 1 heterocycles. The van der Waals surface area contributed by atoms with Gasteiger partial charge in [0.2, 0.25) is 15.9 Å². The van der Waals surface area contributed by atoms with Crippen molar-refractivity contribution >= 4 is 21.9 Å². The number of carbonyl (C=O) groups excluding carboxylic acids is 2. The van der Waals surface area contributed by atoms with E-state index < -0.39 is 16.0 Å². The molecule has 0 bridgehead atoms. The Bertz CT molecular complexity index is 761. The van der Waals surface area contributed by atoms with Crippen molar-refractivity contribution in [1.82, 2.24) is 9.62 Å². The summed E-state index contributed by atoms with van der Waals surface area (Å²) in [6, 6.07) is 5.48. The van der Waals surface area contributed by atoms with Gasteiger partial charge in [-0.25, -0.2) is 13.2 Å². The van der Waals surface area contributed by atoms with E-state index in [0.29, 0.717) is 19.4 Å². The predicted octanol–water partition coefficient (Wildman–Crippen LogP) is 2.18. The third kappa shape index (κ3) is 5.07. The molecule has 0 aliphatic carbocycles. The van der Waals surface area contributed by atoms with Gasteiger partial charge in [-0.3, -0.25) is 4.79 Å². The van der Waals surface area contributed by atoms with Gasteiger partial charge in [-0.15, -0.1) is 0 Å². The third-order valence-corrected chi connectivity index (χ3v) is 6.90. The van der Waals surface area contributed by atoms with E-state index in [1.165, 1.54) is 35.7 Å². The quantitative estimate of drug-likeness (QED) is 0.563. The number of rotatable bonds is 7. The molecule has 1 amide bonds. The number of benzene rings is 1. The minimum atomic E-state index is -3.75. The monoisotopic (exact) mass is 396 g/mol. The van der Waals surface area contributed by atoms with Gasteiger partial charge in [0, 0.05) is 19.1 Å². The molecule has 1 aromatic carbocycles. The zero-order valence-corrected chi connectivity index (χ0v) is 16.9. The molecule has 1 aromatic rings. The van der Waals surface area contributed by atoms with Gasteiger partial charge in [-0.1, -0.05) is 13.3 Å². The number of carbonyl (C=O) groups is 2. The maximum Gasteiger partial charge on any atom is 0.337 e. The molecule has 8 heteroatoms. The van der Waals surface area contributed by atoms with Gasteiger partial charge >= 0.3 is 5.97 Å². The Morgan fingerprint density at radius 2 is 1.89 bits per heavy atom. The number of ether oxygens (including phenoxy) is 1. The van der Waals surface area contributed by atoms with Crippen LogP contribution in [0, 0.1) is 5.92 Å². The highest BCUT2D eigenvalue weighted by Crippen LogP contribution is 2.28. The number of hydrogen-bond donors (Lipinski definition) is 1. The van der Waals surface area contributed by atoms with Gasteiger partial charge in [0.25, 0.3) is 0 Å². The maximum absolute atomic E-state index is 13.1. The molecular formula is C19H28N2O5S. The van der Waals surface area contributed by atoms with Gasteiger partial charge < -0.3 is 10.1 Å². The van der Waals surface area contributed by atoms with Crippen molar-refractivity contribution in [1.29, 1.82) is 0 Å². The van der Waals surface area contributed by atoms with Crippen molar-refractivity contribution in [2.45, 2.75) is 50.5 Å². The highest BCUT2D eigenvalue weighted by molar-refractivity contribution is 7.89. The number of nitrogens with zero attached hydrogens (tertiary/aromatic N) is 1. The Morgan fingerprint density at radius 1 is 1.22 bits per heavy atom. The Balaban J connectivity index is 2.15. The van der Waals surface area contributed by atoms with E-state index in [4.69, 9.17) is 0 Å². The Labute approximate surface area is 161 Å². The molecule has 150 valence electrons. The second-order valence-electron chi connectivity index (χ2n) is 6.86. The molecule has 7 nitrogen and oxygen atoms in total. The van der Waals surface area contributed by atoms with Crippen molar-refractivity contribution in [3.63, 3.8) is 0 Å². The fraction of sp³-hybridized carbons (Fsp3) is 0.579. The molecule has 0 aromatic heterocycles. The summed E-state index contributed by atoms with van der Waals surface area (Å²) in [5, 5.41) is 2.89. The number of amides is 1. The number of piperidine rings is 1. The lowest BCUT2D eigenvalue weighted by atomic mass is 9.94. The largest absolute Gasteiger partial charge is 0.465 e. The first-order valence-electron chi connectivity index (χ1n) is 9.29. The first kappa shape index (κ1) is 21.4. The molecule has 2 unspecified atom stereocenters. The smallest absolute Gasteiger partial charge is 0.337 e. The summed E-state index contributed by atoms with van der Waals surface area (Å²) in [6.07, 6.45) is 3.20. The standard InChI is InChI=1S/C19H28N2O5S/c1-4-5-12-20-18(22)16-7-6-14(2)21(13-16)27(24,25)17-10-8-15(9-11-17)19(23)26-3/h8-11,14,16H,4-7,12-13H2,1-3H3,(H,20,22). The summed E-state index contributed by atoms with van der Waals surface area (Å²) >= 11 is 0. The molecule has 1 fully saturated rings. The van der Waals surface area contributed by atoms with Gasteiger partial charge in [-0.2, -0.15) is 4.31 Å². The maximum atomic E-state index is 13.1. The molecular weight excluding hydrogens is 368 g/mol. The Kier molecular flexibility index (Phi) is 7.38. The minimum Gasteiger partial charge on any atom is -0.465 e. The lowest BCUT2D eigenvalue weighted by Crippen LogP contribution is -2.49. The van der Waals surface area contributed by atoms with Crippen molar-refractivity contribution in [2.75, 3.05) is 20.2 Å². The van der Waals surface area contributed by atoms with Crippen LogP contribution in [0.15, 0.2) is 29.2 Å². The summed E-state index contributed by atoms with van der Waals surface area (Å²) < 4.78 is 32.1. The highest BCUT2D eigenvalue weighted by Gasteiger charge is 2.37. The van der Waals surface area contributed by atoms with E-state index in [0.717, 1.165) is 12.8 Å². The van der Waals surface area contributed by atoms with Crippen molar-refractivity contribution in [3.05, 3.63) is 29.8 Å². The van der Waals surface area contributed by atoms with Crippen LogP contribution in [0.3, 0.4) is 0 Å². The van der Waals surface area contributed by atoms with Crippen LogP contribution in [0.2, 0.25) is 0 Å². The van der Waals surface area contributed by atoms with Gasteiger partial charge in [0.1, 0.15) is 0 Å². The van der Waals surface area contributed by atoms with E-state index >= 15 is 0 Å². The summed E-state index contributed by atoms with van der Waals surface area (Å²) in [4.78, 5) is 24.0. The van der Waals surface area contributed by atoms with Crippen LogP contribution in [0.1, 0.15) is 49.9 Å². The minimum absolute atomic E-state index is 0.0865. The predicted molar refractivity (Wildman–Crippen MR) is 102 cm³/mol. The molecule has 1 saturated heterocycles. The summed E-state index contributed by atoms with van der Waals surface area (Å²) in [7, 11) is -2.48. The topological polar surface area (TPSA) is 92.8 Å². The van der Waals surface area contributed by atoms with Gasteiger partial charge in [-0.05, 0) is 50.5 Å². The number of methoxy groups -OCH3 is 1. The summed E-state index contributed by atoms with van der Waals surface area (Å²) in [5.41, 5.74) is 0.288. The lowest BCUT2D eigenvalue weighted by molar-refractivity contribution is -0.126. The van der Waals surface area contributed by atoms with Crippen LogP contribution in [0.25, 0.3) is 0 Å². The third-order valence-electron chi connectivity index (χ3n) is 4.91. The summed E-state index contributed by atoms with van der Waals surface area (Å²) in [5.74, 6) is -0.951. The second-order valence-corrected chi connectivity index (χ2v) is 8.75. The average Bonchev–Trinajstić information content (AvgIpc) is 2.67. The van der Waals surface area contributed by atoms with Gasteiger partial charge in [0.05, 0.1) is 23.5 Å². The van der Waals surface area contributed by atoms with Crippen LogP contribution in [0.4, 0.5) is 0 Å². The lowest BCUT2D eigenvalue weighted by Gasteiger charge is -2.36. The molecule has 2 atom stereocenters. The first-order valence-corrected chi connectivity index (χ1v) is 10.7. The molecule has 0 radical (unpaired) electrons. The van der Waals surface area contributed by atoms with Crippen LogP contribution >= 0.6 is 0 Å². The Morgan fingerprint density at radius 3 is 2.48 bits per heavy atom. The zero-order chi connectivity index (χ0) is 20.0. The van der Waals surface area contributed by atoms with Crippen LogP contribution in [0.5, 0.6) is 0 Å². The summed E-state index contributed by atoms with van der Waals surface area (Å²) in [6.45, 7) is 4.68. The van der Waals surface area contributed by atoms with Crippen molar-refractivity contribution in [2.24, 2.45) is 5.92 Å². The normalized spacial score (nSPS) is 20.9. The first-order chi connectivity index (χ1) is 12.8. The van der Waals surface area contributed by atoms with E-state index in [1.54, 1.807) is 0 Å². The van der Waals surface area contributed by atoms with E-state index in [1.807, 2.05) is 13.8 Å². The molecule has 27 heavy (non-hydrogen) atoms. The number of hydrogen-bond acceptors (Lipinski definition) is 5. The zero-order valence-electron chi connectivity index (χ0n) is 16.1. The Hall–Kier alpha value is -1.93. The van der Waals surface area contributed by atoms with Crippen LogP contribution in [-0.4, -0.2) is 50.8 Å². The van der Waals surface area contributed by atoms with Crippen LogP contribution < -0.4 is 5.32 Å². The van der Waals surface area contributed by atoms with Crippen molar-refractivity contribution in [3.8, 4) is 0 Å². The molecule has 1 aliphatic heterocycles. The number of nitrogens with one attached hydrogen (secondary N) is 1. The van der Waals surface area contributed by atoms with Crippen molar-refractivity contribution < 1.29 is 22.7 Å². The van der Waals surface area contributed by atoms with E-state index in [-0.39, 0.29) is 34.9 Å². The highest BCUT2D eigenvalue weighted by atomic mass is 32.2. The number of esters is 1. The van der Waals surface area contributed by atoms with E-state index in [9.17, 15) is 18.0 Å². The molecule has 0 saturated carbocycles.